The van der Waals surface area contributed by atoms with Gasteiger partial charge in [0, 0.05) is 0 Å². The van der Waals surface area contributed by atoms with Crippen molar-refractivity contribution in [3.63, 3.8) is 0 Å². The van der Waals surface area contributed by atoms with E-state index in [0.29, 0.717) is 24.1 Å². The number of benzene rings is 2. The number of aromatic nitrogens is 2. The van der Waals surface area contributed by atoms with Crippen LogP contribution in [0.1, 0.15) is 0 Å². The van der Waals surface area contributed by atoms with Crippen LogP contribution in [0.5, 0.6) is 5.75 Å². The van der Waals surface area contributed by atoms with Gasteiger partial charge in [-0.25, -0.2) is 4.98 Å². The van der Waals surface area contributed by atoms with Gasteiger partial charge in [0.25, 0.3) is 0 Å². The highest BCUT2D eigenvalue weighted by atomic mass is 35.5. The number of para-hydroxylation sites is 2. The van der Waals surface area contributed by atoms with Crippen LogP contribution in [0.2, 0.25) is 5.02 Å². The number of halogens is 1. The summed E-state index contributed by atoms with van der Waals surface area (Å²) in [6, 6.07) is 15.3. The fourth-order valence-electron chi connectivity index (χ4n) is 2.16. The average molecular weight is 288 g/mol. The number of nitrogens with two attached hydrogens (primary N) is 1. The Hall–Kier alpha value is -2.20. The molecule has 5 heteroatoms. The minimum absolute atomic E-state index is 0.449. The van der Waals surface area contributed by atoms with Crippen molar-refractivity contribution in [1.29, 1.82) is 0 Å². The third kappa shape index (κ3) is 2.42. The van der Waals surface area contributed by atoms with Gasteiger partial charge in [-0.3, -0.25) is 0 Å². The first kappa shape index (κ1) is 12.8. The van der Waals surface area contributed by atoms with Crippen LogP contribution in [-0.2, 0) is 6.54 Å². The first-order chi connectivity index (χ1) is 9.75. The molecule has 0 spiro atoms. The molecule has 0 aliphatic rings. The van der Waals surface area contributed by atoms with E-state index in [0.717, 1.165) is 16.8 Å². The summed E-state index contributed by atoms with van der Waals surface area (Å²) in [5.74, 6) is 1.28. The summed E-state index contributed by atoms with van der Waals surface area (Å²) in [5, 5.41) is 0.645. The number of anilines is 1. The van der Waals surface area contributed by atoms with Gasteiger partial charge in [-0.15, -0.1) is 0 Å². The van der Waals surface area contributed by atoms with Crippen molar-refractivity contribution in [2.75, 3.05) is 12.3 Å². The van der Waals surface area contributed by atoms with Crippen LogP contribution < -0.4 is 10.5 Å². The molecule has 2 aromatic carbocycles. The zero-order valence-electron chi connectivity index (χ0n) is 10.8. The van der Waals surface area contributed by atoms with Gasteiger partial charge in [-0.2, -0.15) is 0 Å². The van der Waals surface area contributed by atoms with Crippen LogP contribution >= 0.6 is 11.6 Å². The smallest absolute Gasteiger partial charge is 0.201 e. The predicted octanol–water partition coefficient (Wildman–Crippen LogP) is 3.35. The lowest BCUT2D eigenvalue weighted by atomic mass is 10.3. The van der Waals surface area contributed by atoms with Crippen molar-refractivity contribution in [2.45, 2.75) is 6.54 Å². The molecule has 0 amide bonds. The Kier molecular flexibility index (Phi) is 3.48. The van der Waals surface area contributed by atoms with Gasteiger partial charge in [0.1, 0.15) is 12.4 Å². The predicted molar refractivity (Wildman–Crippen MR) is 81.1 cm³/mol. The molecule has 2 N–H and O–H groups in total. The molecule has 0 saturated carbocycles. The van der Waals surface area contributed by atoms with Crippen LogP contribution in [0.15, 0.2) is 48.5 Å². The fourth-order valence-corrected chi connectivity index (χ4v) is 2.43. The highest BCUT2D eigenvalue weighted by Gasteiger charge is 2.10. The maximum atomic E-state index is 6.21. The lowest BCUT2D eigenvalue weighted by Crippen LogP contribution is -2.10. The van der Waals surface area contributed by atoms with Crippen molar-refractivity contribution in [2.24, 2.45) is 0 Å². The van der Waals surface area contributed by atoms with Crippen molar-refractivity contribution in [1.82, 2.24) is 9.55 Å². The normalized spacial score (nSPS) is 10.8. The molecule has 3 aromatic rings. The van der Waals surface area contributed by atoms with Crippen LogP contribution in [0.3, 0.4) is 0 Å². The summed E-state index contributed by atoms with van der Waals surface area (Å²) in [5.41, 5.74) is 7.59. The SMILES string of the molecule is Nc1nc2cccc(Cl)c2n1CCOc1ccccc1. The van der Waals surface area contributed by atoms with Gasteiger partial charge in [0.2, 0.25) is 5.95 Å². The number of nitrogen functional groups attached to an aromatic ring is 1. The topological polar surface area (TPSA) is 53.1 Å². The second kappa shape index (κ2) is 5.43. The molecule has 0 saturated heterocycles. The third-order valence-electron chi connectivity index (χ3n) is 3.07. The minimum atomic E-state index is 0.449. The molecule has 102 valence electrons. The second-order valence-corrected chi connectivity index (χ2v) is 4.80. The minimum Gasteiger partial charge on any atom is -0.492 e. The maximum Gasteiger partial charge on any atom is 0.201 e. The lowest BCUT2D eigenvalue weighted by Gasteiger charge is -2.09. The summed E-state index contributed by atoms with van der Waals surface area (Å²) >= 11 is 6.21. The number of ether oxygens (including phenoxy) is 1. The zero-order chi connectivity index (χ0) is 13.9. The molecule has 1 heterocycles. The number of hydrogen-bond acceptors (Lipinski definition) is 3. The van der Waals surface area contributed by atoms with Gasteiger partial charge >= 0.3 is 0 Å². The Morgan fingerprint density at radius 1 is 1.10 bits per heavy atom. The van der Waals surface area contributed by atoms with E-state index in [-0.39, 0.29) is 0 Å². The Bertz CT molecular complexity index is 725. The highest BCUT2D eigenvalue weighted by molar-refractivity contribution is 6.35. The molecule has 0 unspecified atom stereocenters. The van der Waals surface area contributed by atoms with Gasteiger partial charge in [0.15, 0.2) is 0 Å². The van der Waals surface area contributed by atoms with Crippen LogP contribution in [-0.4, -0.2) is 16.2 Å². The van der Waals surface area contributed by atoms with Gasteiger partial charge in [0.05, 0.1) is 22.6 Å². The van der Waals surface area contributed by atoms with E-state index in [4.69, 9.17) is 22.1 Å². The molecular weight excluding hydrogens is 274 g/mol. The van der Waals surface area contributed by atoms with Crippen molar-refractivity contribution in [3.8, 4) is 5.75 Å². The maximum absolute atomic E-state index is 6.21. The molecule has 0 aliphatic carbocycles. The van der Waals surface area contributed by atoms with Crippen molar-refractivity contribution >= 4 is 28.6 Å². The van der Waals surface area contributed by atoms with E-state index < -0.39 is 0 Å². The molecule has 0 aliphatic heterocycles. The van der Waals surface area contributed by atoms with Gasteiger partial charge in [-0.05, 0) is 24.3 Å². The van der Waals surface area contributed by atoms with Crippen molar-refractivity contribution < 1.29 is 4.74 Å². The van der Waals surface area contributed by atoms with E-state index in [1.54, 1.807) is 0 Å². The van der Waals surface area contributed by atoms with E-state index in [1.807, 2.05) is 53.1 Å². The van der Waals surface area contributed by atoms with Crippen LogP contribution in [0.25, 0.3) is 11.0 Å². The number of fused-ring (bicyclic) bond motifs is 1. The first-order valence-electron chi connectivity index (χ1n) is 6.34. The Morgan fingerprint density at radius 3 is 2.70 bits per heavy atom. The summed E-state index contributed by atoms with van der Waals surface area (Å²) < 4.78 is 7.55. The summed E-state index contributed by atoms with van der Waals surface area (Å²) in [7, 11) is 0. The largest absolute Gasteiger partial charge is 0.492 e. The third-order valence-corrected chi connectivity index (χ3v) is 3.38. The monoisotopic (exact) mass is 287 g/mol. The average Bonchev–Trinajstić information content (AvgIpc) is 2.78. The first-order valence-corrected chi connectivity index (χ1v) is 6.71. The second-order valence-electron chi connectivity index (χ2n) is 4.39. The Balaban J connectivity index is 1.79. The lowest BCUT2D eigenvalue weighted by molar-refractivity contribution is 0.301. The molecule has 20 heavy (non-hydrogen) atoms. The molecule has 1 aromatic heterocycles. The number of hydrogen-bond donors (Lipinski definition) is 1. The Morgan fingerprint density at radius 2 is 1.90 bits per heavy atom. The summed E-state index contributed by atoms with van der Waals surface area (Å²) in [6.07, 6.45) is 0. The molecule has 4 nitrogen and oxygen atoms in total. The standard InChI is InChI=1S/C15H14ClN3O/c16-12-7-4-8-13-14(12)19(15(17)18-13)9-10-20-11-5-2-1-3-6-11/h1-8H,9-10H2,(H2,17,18). The zero-order valence-corrected chi connectivity index (χ0v) is 11.5. The van der Waals surface area contributed by atoms with E-state index in [9.17, 15) is 0 Å². The molecule has 0 fully saturated rings. The molecule has 3 rings (SSSR count). The van der Waals surface area contributed by atoms with Crippen LogP contribution in [0, 0.1) is 0 Å². The number of imidazole rings is 1. The highest BCUT2D eigenvalue weighted by Crippen LogP contribution is 2.25. The van der Waals surface area contributed by atoms with E-state index >= 15 is 0 Å². The quantitative estimate of drug-likeness (QED) is 0.800. The van der Waals surface area contributed by atoms with Gasteiger partial charge < -0.3 is 15.0 Å². The van der Waals surface area contributed by atoms with Crippen LogP contribution in [0.4, 0.5) is 5.95 Å². The van der Waals surface area contributed by atoms with Gasteiger partial charge in [-0.1, -0.05) is 35.9 Å². The van der Waals surface area contributed by atoms with Crippen molar-refractivity contribution in [3.05, 3.63) is 53.6 Å². The molecule has 0 bridgehead atoms. The Labute approximate surface area is 121 Å². The van der Waals surface area contributed by atoms with E-state index in [2.05, 4.69) is 4.98 Å². The number of nitrogens with zero attached hydrogens (tertiary/aromatic N) is 2. The molecule has 0 radical (unpaired) electrons. The number of rotatable bonds is 4. The summed E-state index contributed by atoms with van der Waals surface area (Å²) in [6.45, 7) is 1.10. The molecular formula is C15H14ClN3O. The molecule has 0 atom stereocenters. The summed E-state index contributed by atoms with van der Waals surface area (Å²) in [4.78, 5) is 4.30. The van der Waals surface area contributed by atoms with E-state index in [1.165, 1.54) is 0 Å². The fraction of sp³-hybridized carbons (Fsp3) is 0.133.